The Morgan fingerprint density at radius 2 is 1.97 bits per heavy atom. The largest absolute Gasteiger partial charge is 0.481 e. The molecule has 5 nitrogen and oxygen atoms in total. The van der Waals surface area contributed by atoms with Crippen LogP contribution in [0.2, 0.25) is 0 Å². The van der Waals surface area contributed by atoms with Gasteiger partial charge in [0.05, 0.1) is 17.9 Å². The Hall–Kier alpha value is -1.56. The third kappa shape index (κ3) is 5.19. The number of hydrogen-bond acceptors (Lipinski definition) is 3. The van der Waals surface area contributed by atoms with Crippen molar-refractivity contribution in [2.75, 3.05) is 6.54 Å². The van der Waals surface area contributed by atoms with Crippen LogP contribution in [0, 0.1) is 5.92 Å². The molecule has 1 atom stereocenters. The lowest BCUT2D eigenvalue weighted by atomic mass is 9.83. The summed E-state index contributed by atoms with van der Waals surface area (Å²) < 4.78 is 2.18. The Morgan fingerprint density at radius 1 is 1.20 bits per heavy atom. The number of nitrogens with two attached hydrogens (primary N) is 1. The number of hydrogen-bond donors (Lipinski definition) is 2. The molecule has 1 saturated carbocycles. The summed E-state index contributed by atoms with van der Waals surface area (Å²) in [6.07, 6.45) is 12.4. The van der Waals surface area contributed by atoms with Gasteiger partial charge in [-0.25, -0.2) is 4.98 Å². The second kappa shape index (κ2) is 11.2. The predicted octanol–water partition coefficient (Wildman–Crippen LogP) is 4.84. The molecule has 30 heavy (non-hydrogen) atoms. The molecule has 0 spiro atoms. The Balaban J connectivity index is 0.00000160. The summed E-state index contributed by atoms with van der Waals surface area (Å²) in [5.41, 5.74) is 11.8. The number of aromatic nitrogens is 2. The van der Waals surface area contributed by atoms with Gasteiger partial charge in [0, 0.05) is 17.8 Å². The van der Waals surface area contributed by atoms with Crippen LogP contribution in [0.1, 0.15) is 73.4 Å². The van der Waals surface area contributed by atoms with Gasteiger partial charge in [0.1, 0.15) is 0 Å². The van der Waals surface area contributed by atoms with Crippen LogP contribution in [-0.4, -0.2) is 27.2 Å². The van der Waals surface area contributed by atoms with Gasteiger partial charge < -0.3 is 15.4 Å². The zero-order valence-electron chi connectivity index (χ0n) is 17.4. The molecule has 1 aliphatic carbocycles. The van der Waals surface area contributed by atoms with Gasteiger partial charge in [-0.05, 0) is 68.2 Å². The highest BCUT2D eigenvalue weighted by molar-refractivity contribution is 5.85. The predicted molar refractivity (Wildman–Crippen MR) is 124 cm³/mol. The number of aryl methyl sites for hydroxylation is 1. The molecule has 7 heteroatoms. The summed E-state index contributed by atoms with van der Waals surface area (Å²) in [4.78, 5) is 16.2. The van der Waals surface area contributed by atoms with Gasteiger partial charge >= 0.3 is 5.97 Å². The average molecular weight is 454 g/mol. The maximum Gasteiger partial charge on any atom is 0.306 e. The topological polar surface area (TPSA) is 81.1 Å². The van der Waals surface area contributed by atoms with Crippen molar-refractivity contribution in [1.82, 2.24) is 9.55 Å². The Kier molecular flexibility index (Phi) is 9.20. The van der Waals surface area contributed by atoms with Gasteiger partial charge in [0.25, 0.3) is 0 Å². The van der Waals surface area contributed by atoms with Crippen molar-refractivity contribution in [3.8, 4) is 5.69 Å². The molecule has 0 radical (unpaired) electrons. The van der Waals surface area contributed by atoms with Crippen molar-refractivity contribution in [2.24, 2.45) is 11.7 Å². The number of nitrogens with zero attached hydrogens (tertiary/aromatic N) is 2. The second-order valence-electron chi connectivity index (χ2n) is 8.40. The highest BCUT2D eigenvalue weighted by Crippen LogP contribution is 2.36. The van der Waals surface area contributed by atoms with Crippen LogP contribution < -0.4 is 5.73 Å². The summed E-state index contributed by atoms with van der Waals surface area (Å²) in [5, 5.41) is 9.54. The molecule has 3 N–H and O–H groups in total. The maximum atomic E-state index is 11.6. The van der Waals surface area contributed by atoms with Crippen LogP contribution in [0.4, 0.5) is 0 Å². The first kappa shape index (κ1) is 24.7. The van der Waals surface area contributed by atoms with Crippen molar-refractivity contribution in [1.29, 1.82) is 0 Å². The van der Waals surface area contributed by atoms with E-state index in [0.29, 0.717) is 19.4 Å². The molecule has 1 aromatic heterocycles. The summed E-state index contributed by atoms with van der Waals surface area (Å²) in [6, 6.07) is 6.95. The second-order valence-corrected chi connectivity index (χ2v) is 8.40. The minimum absolute atomic E-state index is 0. The lowest BCUT2D eigenvalue weighted by molar-refractivity contribution is -0.142. The number of aliphatic carboxylic acids is 1. The number of carboxylic acids is 1. The molecule has 1 fully saturated rings. The van der Waals surface area contributed by atoms with Gasteiger partial charge in [0.15, 0.2) is 0 Å². The standard InChI is InChI=1S/C23H31N3O2.2ClH/c24-12-4-7-19(23(27)28)14-20-22-11-9-18-13-17(16-5-2-1-3-6-16)8-10-21(18)26(22)15-25-20;;/h8,10,13,15-16,19H,1-7,9,11-12,14,24H2,(H,27,28);2*1H/t19-;;/m0../s1. The van der Waals surface area contributed by atoms with Crippen LogP contribution in [0.5, 0.6) is 0 Å². The minimum atomic E-state index is -0.747. The van der Waals surface area contributed by atoms with E-state index in [9.17, 15) is 9.90 Å². The smallest absolute Gasteiger partial charge is 0.306 e. The first-order chi connectivity index (χ1) is 13.7. The van der Waals surface area contributed by atoms with E-state index in [0.717, 1.165) is 30.9 Å². The summed E-state index contributed by atoms with van der Waals surface area (Å²) >= 11 is 0. The van der Waals surface area contributed by atoms with E-state index in [2.05, 4.69) is 27.8 Å². The van der Waals surface area contributed by atoms with Crippen LogP contribution in [0.3, 0.4) is 0 Å². The van der Waals surface area contributed by atoms with Crippen molar-refractivity contribution in [3.05, 3.63) is 47.0 Å². The Morgan fingerprint density at radius 3 is 2.67 bits per heavy atom. The number of fused-ring (bicyclic) bond motifs is 3. The van der Waals surface area contributed by atoms with Gasteiger partial charge in [0.2, 0.25) is 0 Å². The van der Waals surface area contributed by atoms with Crippen LogP contribution in [0.15, 0.2) is 24.5 Å². The number of halogens is 2. The lowest BCUT2D eigenvalue weighted by Crippen LogP contribution is -2.20. The van der Waals surface area contributed by atoms with Gasteiger partial charge in [-0.3, -0.25) is 4.79 Å². The van der Waals surface area contributed by atoms with Gasteiger partial charge in [-0.2, -0.15) is 0 Å². The summed E-state index contributed by atoms with van der Waals surface area (Å²) in [6.45, 7) is 0.530. The molecule has 4 rings (SSSR count). The number of benzene rings is 1. The maximum absolute atomic E-state index is 11.6. The van der Waals surface area contributed by atoms with Crippen molar-refractivity contribution < 1.29 is 9.90 Å². The molecule has 1 aliphatic heterocycles. The van der Waals surface area contributed by atoms with Crippen LogP contribution in [-0.2, 0) is 24.1 Å². The molecular formula is C23H33Cl2N3O2. The molecule has 1 aromatic carbocycles. The third-order valence-corrected chi connectivity index (χ3v) is 6.57. The van der Waals surface area contributed by atoms with Crippen molar-refractivity contribution in [2.45, 2.75) is 70.1 Å². The number of carboxylic acid groups (broad SMARTS) is 1. The van der Waals surface area contributed by atoms with E-state index in [1.807, 2.05) is 6.33 Å². The number of rotatable bonds is 7. The van der Waals surface area contributed by atoms with Crippen LogP contribution >= 0.6 is 24.8 Å². The first-order valence-electron chi connectivity index (χ1n) is 10.8. The monoisotopic (exact) mass is 453 g/mol. The molecule has 0 amide bonds. The lowest BCUT2D eigenvalue weighted by Gasteiger charge is -2.25. The van der Waals surface area contributed by atoms with E-state index in [1.54, 1.807) is 0 Å². The highest BCUT2D eigenvalue weighted by atomic mass is 35.5. The molecule has 2 aromatic rings. The molecule has 2 heterocycles. The van der Waals surface area contributed by atoms with Crippen LogP contribution in [0.25, 0.3) is 5.69 Å². The number of imidazole rings is 1. The SMILES string of the molecule is Cl.Cl.NCCC[C@@H](Cc1ncn2c1CCc1cc(C3CCCCC3)ccc1-2)C(=O)O. The summed E-state index contributed by atoms with van der Waals surface area (Å²) in [5.74, 6) is -0.431. The normalized spacial score (nSPS) is 16.6. The van der Waals surface area contributed by atoms with E-state index >= 15 is 0 Å². The molecular weight excluding hydrogens is 421 g/mol. The molecule has 0 unspecified atom stereocenters. The average Bonchev–Trinajstić information content (AvgIpc) is 3.14. The molecule has 0 saturated heterocycles. The quantitative estimate of drug-likeness (QED) is 0.627. The summed E-state index contributed by atoms with van der Waals surface area (Å²) in [7, 11) is 0. The zero-order valence-corrected chi connectivity index (χ0v) is 19.0. The zero-order chi connectivity index (χ0) is 19.5. The van der Waals surface area contributed by atoms with Gasteiger partial charge in [-0.15, -0.1) is 24.8 Å². The Labute approximate surface area is 191 Å². The highest BCUT2D eigenvalue weighted by Gasteiger charge is 2.25. The van der Waals surface area contributed by atoms with Crippen molar-refractivity contribution in [3.63, 3.8) is 0 Å². The number of carbonyl (C=O) groups is 1. The Bertz CT molecular complexity index is 847. The first-order valence-corrected chi connectivity index (χ1v) is 10.8. The van der Waals surface area contributed by atoms with E-state index in [1.165, 1.54) is 54.6 Å². The van der Waals surface area contributed by atoms with E-state index in [-0.39, 0.29) is 24.8 Å². The van der Waals surface area contributed by atoms with Gasteiger partial charge in [-0.1, -0.05) is 31.4 Å². The van der Waals surface area contributed by atoms with E-state index < -0.39 is 11.9 Å². The molecule has 2 aliphatic rings. The van der Waals surface area contributed by atoms with E-state index in [4.69, 9.17) is 5.73 Å². The molecule has 0 bridgehead atoms. The van der Waals surface area contributed by atoms with Crippen molar-refractivity contribution >= 4 is 30.8 Å². The fourth-order valence-corrected chi connectivity index (χ4v) is 4.95. The fraction of sp³-hybridized carbons (Fsp3) is 0.565. The third-order valence-electron chi connectivity index (χ3n) is 6.57. The fourth-order valence-electron chi connectivity index (χ4n) is 4.95. The molecule has 166 valence electrons. The minimum Gasteiger partial charge on any atom is -0.481 e.